The summed E-state index contributed by atoms with van der Waals surface area (Å²) in [5.41, 5.74) is 4.24. The maximum absolute atomic E-state index is 13.5. The van der Waals surface area contributed by atoms with Crippen LogP contribution in [0, 0.1) is 19.7 Å². The third-order valence-corrected chi connectivity index (χ3v) is 4.51. The molecule has 0 aliphatic rings. The maximum atomic E-state index is 13.5. The molecule has 28 heavy (non-hydrogen) atoms. The Morgan fingerprint density at radius 3 is 2.64 bits per heavy atom. The zero-order valence-corrected chi connectivity index (χ0v) is 16.0. The Kier molecular flexibility index (Phi) is 5.67. The Morgan fingerprint density at radius 1 is 1.18 bits per heavy atom. The van der Waals surface area contributed by atoms with Crippen LogP contribution in [0.2, 0.25) is 0 Å². The maximum Gasteiger partial charge on any atom is 0.256 e. The number of fused-ring (bicyclic) bond motifs is 1. The predicted molar refractivity (Wildman–Crippen MR) is 103 cm³/mol. The quantitative estimate of drug-likeness (QED) is 0.637. The Bertz CT molecular complexity index is 1040. The van der Waals surface area contributed by atoms with Crippen molar-refractivity contribution in [2.24, 2.45) is 0 Å². The van der Waals surface area contributed by atoms with E-state index in [0.29, 0.717) is 30.7 Å². The highest BCUT2D eigenvalue weighted by Crippen LogP contribution is 2.20. The van der Waals surface area contributed by atoms with Crippen LogP contribution in [0.5, 0.6) is 0 Å². The highest BCUT2D eigenvalue weighted by atomic mass is 19.1. The molecule has 3 aromatic rings. The zero-order chi connectivity index (χ0) is 20.3. The van der Waals surface area contributed by atoms with Crippen molar-refractivity contribution in [1.82, 2.24) is 25.2 Å². The van der Waals surface area contributed by atoms with Crippen LogP contribution in [0.1, 0.15) is 39.8 Å². The number of benzene rings is 1. The number of carbonyl (C=O) groups is 2. The first kappa shape index (κ1) is 19.5. The van der Waals surface area contributed by atoms with Crippen molar-refractivity contribution in [3.05, 3.63) is 64.4 Å². The SMILES string of the molecule is CC(=O)NCCNC(=O)c1cnn2c(C)c(Cc3cccc(F)c3)c(C)nc12. The van der Waals surface area contributed by atoms with Gasteiger partial charge in [-0.25, -0.2) is 13.9 Å². The van der Waals surface area contributed by atoms with E-state index in [4.69, 9.17) is 0 Å². The van der Waals surface area contributed by atoms with E-state index in [1.807, 2.05) is 19.9 Å². The first-order valence-electron chi connectivity index (χ1n) is 8.97. The number of carbonyl (C=O) groups excluding carboxylic acids is 2. The van der Waals surface area contributed by atoms with E-state index in [0.717, 1.165) is 22.5 Å². The first-order valence-corrected chi connectivity index (χ1v) is 8.97. The fourth-order valence-corrected chi connectivity index (χ4v) is 3.09. The lowest BCUT2D eigenvalue weighted by Crippen LogP contribution is -2.33. The molecular formula is C20H22FN5O2. The lowest BCUT2D eigenvalue weighted by molar-refractivity contribution is -0.118. The minimum absolute atomic E-state index is 0.149. The summed E-state index contributed by atoms with van der Waals surface area (Å²) in [5, 5.41) is 9.67. The standard InChI is InChI=1S/C20H22FN5O2/c1-12-17(10-15-5-4-6-16(21)9-15)13(2)26-19(25-12)18(11-24-26)20(28)23-8-7-22-14(3)27/h4-6,9,11H,7-8,10H2,1-3H3,(H,22,27)(H,23,28). The molecule has 1 aromatic carbocycles. The molecule has 7 nitrogen and oxygen atoms in total. The smallest absolute Gasteiger partial charge is 0.256 e. The van der Waals surface area contributed by atoms with Crippen LogP contribution in [0.25, 0.3) is 5.65 Å². The second kappa shape index (κ2) is 8.16. The minimum Gasteiger partial charge on any atom is -0.355 e. The molecule has 2 amide bonds. The van der Waals surface area contributed by atoms with E-state index in [-0.39, 0.29) is 17.6 Å². The lowest BCUT2D eigenvalue weighted by Gasteiger charge is -2.12. The second-order valence-electron chi connectivity index (χ2n) is 6.60. The normalized spacial score (nSPS) is 10.9. The number of nitrogens with one attached hydrogen (secondary N) is 2. The number of amides is 2. The fraction of sp³-hybridized carbons (Fsp3) is 0.300. The van der Waals surface area contributed by atoms with Crippen molar-refractivity contribution in [1.29, 1.82) is 0 Å². The molecule has 0 radical (unpaired) electrons. The van der Waals surface area contributed by atoms with Gasteiger partial charge in [-0.1, -0.05) is 12.1 Å². The molecule has 0 saturated carbocycles. The molecular weight excluding hydrogens is 361 g/mol. The molecule has 8 heteroatoms. The lowest BCUT2D eigenvalue weighted by atomic mass is 10.0. The third kappa shape index (κ3) is 4.16. The molecule has 2 heterocycles. The largest absolute Gasteiger partial charge is 0.355 e. The molecule has 0 bridgehead atoms. The summed E-state index contributed by atoms with van der Waals surface area (Å²) < 4.78 is 15.1. The molecule has 146 valence electrons. The van der Waals surface area contributed by atoms with Gasteiger partial charge in [-0.15, -0.1) is 0 Å². The number of nitrogens with zero attached hydrogens (tertiary/aromatic N) is 3. The molecule has 2 aromatic heterocycles. The number of aromatic nitrogens is 3. The zero-order valence-electron chi connectivity index (χ0n) is 16.0. The van der Waals surface area contributed by atoms with E-state index < -0.39 is 0 Å². The van der Waals surface area contributed by atoms with Gasteiger partial charge < -0.3 is 10.6 Å². The average molecular weight is 383 g/mol. The summed E-state index contributed by atoms with van der Waals surface area (Å²) in [6.45, 7) is 5.85. The highest BCUT2D eigenvalue weighted by Gasteiger charge is 2.18. The Balaban J connectivity index is 1.85. The van der Waals surface area contributed by atoms with Gasteiger partial charge in [0.25, 0.3) is 5.91 Å². The van der Waals surface area contributed by atoms with Crippen molar-refractivity contribution in [2.75, 3.05) is 13.1 Å². The van der Waals surface area contributed by atoms with Gasteiger partial charge in [0.2, 0.25) is 5.91 Å². The topological polar surface area (TPSA) is 88.4 Å². The molecule has 0 aliphatic carbocycles. The molecule has 0 spiro atoms. The van der Waals surface area contributed by atoms with Gasteiger partial charge >= 0.3 is 0 Å². The van der Waals surface area contributed by atoms with Crippen LogP contribution in [0.3, 0.4) is 0 Å². The van der Waals surface area contributed by atoms with E-state index in [9.17, 15) is 14.0 Å². The highest BCUT2D eigenvalue weighted by molar-refractivity contribution is 5.99. The van der Waals surface area contributed by atoms with Gasteiger partial charge in [-0.2, -0.15) is 5.10 Å². The summed E-state index contributed by atoms with van der Waals surface area (Å²) in [6.07, 6.45) is 2.00. The Hall–Kier alpha value is -3.29. The third-order valence-electron chi connectivity index (χ3n) is 4.51. The van der Waals surface area contributed by atoms with Crippen LogP contribution >= 0.6 is 0 Å². The van der Waals surface area contributed by atoms with Crippen LogP contribution in [-0.2, 0) is 11.2 Å². The number of rotatable bonds is 6. The van der Waals surface area contributed by atoms with Crippen molar-refractivity contribution in [3.63, 3.8) is 0 Å². The van der Waals surface area contributed by atoms with Gasteiger partial charge in [0.1, 0.15) is 11.4 Å². The number of hydrogen-bond acceptors (Lipinski definition) is 4. The first-order chi connectivity index (χ1) is 13.4. The summed E-state index contributed by atoms with van der Waals surface area (Å²) in [6, 6.07) is 6.46. The molecule has 3 rings (SSSR count). The summed E-state index contributed by atoms with van der Waals surface area (Å²) in [5.74, 6) is -0.729. The van der Waals surface area contributed by atoms with Gasteiger partial charge in [0.15, 0.2) is 5.65 Å². The predicted octanol–water partition coefficient (Wildman–Crippen LogP) is 1.94. The fourth-order valence-electron chi connectivity index (χ4n) is 3.09. The monoisotopic (exact) mass is 383 g/mol. The van der Waals surface area contributed by atoms with Crippen molar-refractivity contribution < 1.29 is 14.0 Å². The van der Waals surface area contributed by atoms with E-state index in [2.05, 4.69) is 20.7 Å². The van der Waals surface area contributed by atoms with Crippen molar-refractivity contribution in [2.45, 2.75) is 27.2 Å². The molecule has 0 atom stereocenters. The van der Waals surface area contributed by atoms with E-state index in [1.54, 1.807) is 10.6 Å². The summed E-state index contributed by atoms with van der Waals surface area (Å²) >= 11 is 0. The van der Waals surface area contributed by atoms with Crippen molar-refractivity contribution >= 4 is 17.5 Å². The Morgan fingerprint density at radius 2 is 1.93 bits per heavy atom. The number of halogens is 1. The van der Waals surface area contributed by atoms with Crippen LogP contribution in [0.4, 0.5) is 4.39 Å². The number of aryl methyl sites for hydroxylation is 2. The van der Waals surface area contributed by atoms with Gasteiger partial charge in [0.05, 0.1) is 6.20 Å². The minimum atomic E-state index is -0.301. The van der Waals surface area contributed by atoms with Crippen molar-refractivity contribution in [3.8, 4) is 0 Å². The number of hydrogen-bond donors (Lipinski definition) is 2. The van der Waals surface area contributed by atoms with Gasteiger partial charge in [-0.05, 0) is 37.1 Å². The van der Waals surface area contributed by atoms with Crippen LogP contribution < -0.4 is 10.6 Å². The molecule has 0 unspecified atom stereocenters. The van der Waals surface area contributed by atoms with E-state index >= 15 is 0 Å². The second-order valence-corrected chi connectivity index (χ2v) is 6.60. The summed E-state index contributed by atoms with van der Waals surface area (Å²) in [7, 11) is 0. The van der Waals surface area contributed by atoms with Crippen LogP contribution in [-0.4, -0.2) is 39.5 Å². The van der Waals surface area contributed by atoms with Gasteiger partial charge in [0, 0.05) is 37.8 Å². The average Bonchev–Trinajstić information content (AvgIpc) is 3.06. The van der Waals surface area contributed by atoms with Gasteiger partial charge in [-0.3, -0.25) is 9.59 Å². The van der Waals surface area contributed by atoms with Crippen LogP contribution in [0.15, 0.2) is 30.5 Å². The summed E-state index contributed by atoms with van der Waals surface area (Å²) in [4.78, 5) is 27.9. The molecule has 2 N–H and O–H groups in total. The molecule has 0 fully saturated rings. The molecule has 0 saturated heterocycles. The Labute approximate surface area is 162 Å². The van der Waals surface area contributed by atoms with E-state index in [1.165, 1.54) is 25.3 Å². The molecule has 0 aliphatic heterocycles.